The summed E-state index contributed by atoms with van der Waals surface area (Å²) < 4.78 is 7.67. The maximum absolute atomic E-state index is 13.5. The summed E-state index contributed by atoms with van der Waals surface area (Å²) in [7, 11) is 0. The lowest BCUT2D eigenvalue weighted by atomic mass is 9.99. The van der Waals surface area contributed by atoms with Crippen molar-refractivity contribution in [3.05, 3.63) is 75.3 Å². The number of hydrogen-bond acceptors (Lipinski definition) is 5. The molecule has 0 saturated carbocycles. The van der Waals surface area contributed by atoms with Crippen LogP contribution in [-0.4, -0.2) is 33.7 Å². The van der Waals surface area contributed by atoms with E-state index in [2.05, 4.69) is 27.4 Å². The van der Waals surface area contributed by atoms with Gasteiger partial charge in [0.1, 0.15) is 17.1 Å². The molecule has 1 atom stereocenters. The Kier molecular flexibility index (Phi) is 7.27. The third-order valence-electron chi connectivity index (χ3n) is 6.70. The van der Waals surface area contributed by atoms with Crippen LogP contribution in [0.1, 0.15) is 36.8 Å². The minimum atomic E-state index is -0.270. The van der Waals surface area contributed by atoms with Crippen molar-refractivity contribution < 1.29 is 4.74 Å². The average Bonchev–Trinajstić information content (AvgIpc) is 3.48. The van der Waals surface area contributed by atoms with Crippen LogP contribution in [0.2, 0.25) is 5.02 Å². The number of nitrogens with zero attached hydrogens (tertiary/aromatic N) is 3. The number of aromatic nitrogens is 3. The zero-order valence-corrected chi connectivity index (χ0v) is 21.8. The fourth-order valence-corrected chi connectivity index (χ4v) is 5.10. The van der Waals surface area contributed by atoms with Gasteiger partial charge in [-0.15, -0.1) is 0 Å². The number of fused-ring (bicyclic) bond motifs is 2. The fourth-order valence-electron chi connectivity index (χ4n) is 4.93. The minimum absolute atomic E-state index is 0.270. The van der Waals surface area contributed by atoms with Gasteiger partial charge in [0.25, 0.3) is 5.56 Å². The van der Waals surface area contributed by atoms with Crippen molar-refractivity contribution in [3.63, 3.8) is 0 Å². The number of aryl methyl sites for hydroxylation is 2. The monoisotopic (exact) mass is 512 g/mol. The molecule has 1 N–H and O–H groups in total. The molecule has 6 rings (SSSR count). The zero-order valence-electron chi connectivity index (χ0n) is 21.1. The van der Waals surface area contributed by atoms with E-state index < -0.39 is 0 Å². The normalized spacial score (nSPS) is 15.5. The highest BCUT2D eigenvalue weighted by Crippen LogP contribution is 2.36. The first-order valence-corrected chi connectivity index (χ1v) is 12.9. The molecule has 0 aliphatic carbocycles. The van der Waals surface area contributed by atoms with Gasteiger partial charge in [0.2, 0.25) is 0 Å². The van der Waals surface area contributed by atoms with Gasteiger partial charge < -0.3 is 10.1 Å². The SMILES string of the molecule is C#Cn1c(=O)c(-c2cc(C)cc(C)c2)c(OCCC2CCCCN2)c2ccc(Cl)cc21.c1ncc2nc1-2. The van der Waals surface area contributed by atoms with Gasteiger partial charge in [0.15, 0.2) is 0 Å². The summed E-state index contributed by atoms with van der Waals surface area (Å²) >= 11 is 6.22. The van der Waals surface area contributed by atoms with Crippen LogP contribution >= 0.6 is 11.6 Å². The topological polar surface area (TPSA) is 69.0 Å². The van der Waals surface area contributed by atoms with Crippen molar-refractivity contribution in [1.29, 1.82) is 0 Å². The summed E-state index contributed by atoms with van der Waals surface area (Å²) in [5, 5.41) is 4.86. The van der Waals surface area contributed by atoms with Crippen molar-refractivity contribution in [1.82, 2.24) is 19.9 Å². The first kappa shape index (κ1) is 25.0. The van der Waals surface area contributed by atoms with Crippen LogP contribution in [0.5, 0.6) is 5.75 Å². The lowest BCUT2D eigenvalue weighted by Gasteiger charge is -2.24. The molecular formula is C30H29ClN4O2. The Morgan fingerprint density at radius 3 is 2.49 bits per heavy atom. The van der Waals surface area contributed by atoms with Gasteiger partial charge in [-0.3, -0.25) is 9.78 Å². The first-order valence-electron chi connectivity index (χ1n) is 12.6. The van der Waals surface area contributed by atoms with Crippen LogP contribution in [0, 0.1) is 26.3 Å². The molecule has 7 heteroatoms. The summed E-state index contributed by atoms with van der Waals surface area (Å²) in [5.41, 5.74) is 5.91. The fraction of sp³-hybridized carbons (Fsp3) is 0.300. The molecule has 3 aromatic rings. The van der Waals surface area contributed by atoms with Crippen LogP contribution in [0.3, 0.4) is 0 Å². The largest absolute Gasteiger partial charge is 0.492 e. The van der Waals surface area contributed by atoms with Gasteiger partial charge in [-0.1, -0.05) is 53.8 Å². The summed E-state index contributed by atoms with van der Waals surface area (Å²) in [6.07, 6.45) is 13.8. The van der Waals surface area contributed by atoms with Gasteiger partial charge >= 0.3 is 0 Å². The predicted octanol–water partition coefficient (Wildman–Crippen LogP) is 5.75. The molecular weight excluding hydrogens is 484 g/mol. The minimum Gasteiger partial charge on any atom is -0.492 e. The number of piperidine rings is 1. The van der Waals surface area contributed by atoms with Crippen LogP contribution in [0.25, 0.3) is 33.4 Å². The molecule has 0 amide bonds. The second-order valence-electron chi connectivity index (χ2n) is 9.59. The molecule has 4 heterocycles. The van der Waals surface area contributed by atoms with Crippen molar-refractivity contribution in [3.8, 4) is 40.7 Å². The van der Waals surface area contributed by atoms with Gasteiger partial charge in [-0.05, 0) is 63.4 Å². The zero-order chi connectivity index (χ0) is 25.9. The van der Waals surface area contributed by atoms with Crippen molar-refractivity contribution in [2.45, 2.75) is 45.6 Å². The van der Waals surface area contributed by atoms with Gasteiger partial charge in [0.05, 0.1) is 30.1 Å². The molecule has 2 aromatic carbocycles. The van der Waals surface area contributed by atoms with E-state index in [1.165, 1.54) is 17.4 Å². The van der Waals surface area contributed by atoms with E-state index >= 15 is 0 Å². The van der Waals surface area contributed by atoms with E-state index in [9.17, 15) is 4.79 Å². The lowest BCUT2D eigenvalue weighted by molar-refractivity contribution is 0.271. The Hall–Kier alpha value is -3.66. The molecule has 0 radical (unpaired) electrons. The lowest BCUT2D eigenvalue weighted by Crippen LogP contribution is -2.35. The van der Waals surface area contributed by atoms with Gasteiger partial charge in [-0.25, -0.2) is 9.55 Å². The van der Waals surface area contributed by atoms with Crippen LogP contribution in [0.15, 0.2) is 53.6 Å². The quantitative estimate of drug-likeness (QED) is 0.304. The molecule has 1 fully saturated rings. The summed E-state index contributed by atoms with van der Waals surface area (Å²) in [6.45, 7) is 5.61. The van der Waals surface area contributed by atoms with Crippen LogP contribution < -0.4 is 15.6 Å². The number of hydrogen-bond donors (Lipinski definition) is 1. The van der Waals surface area contributed by atoms with Crippen molar-refractivity contribution in [2.24, 2.45) is 0 Å². The Morgan fingerprint density at radius 2 is 1.89 bits per heavy atom. The average molecular weight is 513 g/mol. The number of ether oxygens (including phenoxy) is 1. The maximum Gasteiger partial charge on any atom is 0.274 e. The van der Waals surface area contributed by atoms with E-state index in [0.717, 1.165) is 52.9 Å². The molecule has 37 heavy (non-hydrogen) atoms. The molecule has 188 valence electrons. The third kappa shape index (κ3) is 5.53. The Bertz CT molecular complexity index is 1530. The van der Waals surface area contributed by atoms with Crippen LogP contribution in [0.4, 0.5) is 0 Å². The second kappa shape index (κ2) is 10.8. The Morgan fingerprint density at radius 1 is 1.14 bits per heavy atom. The number of benzene rings is 2. The molecule has 1 unspecified atom stereocenters. The number of nitrogens with one attached hydrogen (secondary N) is 1. The molecule has 1 aromatic heterocycles. The van der Waals surface area contributed by atoms with Crippen LogP contribution in [-0.2, 0) is 0 Å². The second-order valence-corrected chi connectivity index (χ2v) is 10.0. The molecule has 0 bridgehead atoms. The molecule has 3 aliphatic rings. The highest BCUT2D eigenvalue weighted by atomic mass is 35.5. The maximum atomic E-state index is 13.5. The van der Waals surface area contributed by atoms with E-state index in [1.807, 2.05) is 32.0 Å². The summed E-state index contributed by atoms with van der Waals surface area (Å²) in [5.74, 6) is 0.573. The Labute approximate surface area is 221 Å². The highest BCUT2D eigenvalue weighted by Gasteiger charge is 2.21. The van der Waals surface area contributed by atoms with Gasteiger partial charge in [-0.2, -0.15) is 0 Å². The molecule has 6 nitrogen and oxygen atoms in total. The van der Waals surface area contributed by atoms with Crippen molar-refractivity contribution >= 4 is 22.5 Å². The summed E-state index contributed by atoms with van der Waals surface area (Å²) in [6, 6.07) is 14.5. The number of pyridine rings is 1. The smallest absolute Gasteiger partial charge is 0.274 e. The molecule has 1 saturated heterocycles. The van der Waals surface area contributed by atoms with E-state index in [1.54, 1.807) is 24.5 Å². The summed E-state index contributed by atoms with van der Waals surface area (Å²) in [4.78, 5) is 21.2. The number of rotatable bonds is 5. The van der Waals surface area contributed by atoms with E-state index in [4.69, 9.17) is 22.8 Å². The van der Waals surface area contributed by atoms with Crippen molar-refractivity contribution in [2.75, 3.05) is 13.2 Å². The standard InChI is InChI=1S/C26H27ClN2O2.C4H2N2/c1-4-29-23-16-20(27)8-9-22(23)25(31-12-10-21-7-5-6-11-28-21)24(26(29)30)19-14-17(2)13-18(3)15-19;1-3-4(6-3)2-5-1/h1,8-9,13-16,21,28H,5-7,10-12H2,2-3H3;1-2H. The Balaban J connectivity index is 0.000000403. The number of terminal acetylenes is 1. The highest BCUT2D eigenvalue weighted by molar-refractivity contribution is 6.31. The first-order chi connectivity index (χ1) is 17.9. The molecule has 3 aliphatic heterocycles. The third-order valence-corrected chi connectivity index (χ3v) is 6.94. The van der Waals surface area contributed by atoms with E-state index in [-0.39, 0.29) is 5.56 Å². The number of halogens is 1. The predicted molar refractivity (Wildman–Crippen MR) is 149 cm³/mol. The van der Waals surface area contributed by atoms with Gasteiger partial charge in [0, 0.05) is 22.5 Å². The van der Waals surface area contributed by atoms with E-state index in [0.29, 0.717) is 34.5 Å². The molecule has 0 spiro atoms.